The van der Waals surface area contributed by atoms with E-state index in [-0.39, 0.29) is 18.2 Å². The number of benzene rings is 1. The quantitative estimate of drug-likeness (QED) is 0.690. The number of nitrogens with zero attached hydrogens (tertiary/aromatic N) is 1. The second-order valence-corrected chi connectivity index (χ2v) is 7.09. The molecule has 5 nitrogen and oxygen atoms in total. The van der Waals surface area contributed by atoms with E-state index in [0.29, 0.717) is 11.3 Å². The van der Waals surface area contributed by atoms with Crippen LogP contribution < -0.4 is 5.32 Å². The number of nitrogens with one attached hydrogen (secondary N) is 1. The van der Waals surface area contributed by atoms with E-state index in [9.17, 15) is 14.4 Å². The molecule has 24 heavy (non-hydrogen) atoms. The number of fused-ring (bicyclic) bond motifs is 2. The van der Waals surface area contributed by atoms with Crippen LogP contribution in [0.1, 0.15) is 33.6 Å². The topological polar surface area (TPSA) is 66.5 Å². The van der Waals surface area contributed by atoms with Crippen LogP contribution >= 0.6 is 11.3 Å². The average molecular weight is 340 g/mol. The molecule has 4 rings (SSSR count). The summed E-state index contributed by atoms with van der Waals surface area (Å²) in [6.07, 6.45) is 2.29. The second-order valence-electron chi connectivity index (χ2n) is 6.14. The van der Waals surface area contributed by atoms with E-state index in [1.165, 1.54) is 11.3 Å². The number of aryl methyl sites for hydroxylation is 1. The molecule has 122 valence electrons. The largest absolute Gasteiger partial charge is 0.325 e. The first-order valence-electron chi connectivity index (χ1n) is 7.91. The molecule has 1 aromatic heterocycles. The molecule has 3 amide bonds. The van der Waals surface area contributed by atoms with E-state index in [0.717, 1.165) is 28.9 Å². The van der Waals surface area contributed by atoms with Gasteiger partial charge in [0.1, 0.15) is 5.54 Å². The van der Waals surface area contributed by atoms with Crippen molar-refractivity contribution in [1.29, 1.82) is 0 Å². The zero-order chi connectivity index (χ0) is 16.7. The fourth-order valence-electron chi connectivity index (χ4n) is 3.61. The van der Waals surface area contributed by atoms with Gasteiger partial charge < -0.3 is 5.32 Å². The summed E-state index contributed by atoms with van der Waals surface area (Å²) in [4.78, 5) is 39.4. The van der Waals surface area contributed by atoms with E-state index in [1.54, 1.807) is 17.5 Å². The molecule has 2 heterocycles. The number of imide groups is 1. The van der Waals surface area contributed by atoms with E-state index < -0.39 is 11.6 Å². The van der Waals surface area contributed by atoms with Gasteiger partial charge in [0.2, 0.25) is 0 Å². The molecule has 1 aliphatic carbocycles. The minimum absolute atomic E-state index is 0.213. The van der Waals surface area contributed by atoms with Crippen molar-refractivity contribution in [2.75, 3.05) is 6.54 Å². The van der Waals surface area contributed by atoms with Gasteiger partial charge in [-0.1, -0.05) is 30.3 Å². The molecular weight excluding hydrogens is 324 g/mol. The van der Waals surface area contributed by atoms with Gasteiger partial charge in [0, 0.05) is 0 Å². The molecule has 1 unspecified atom stereocenters. The highest BCUT2D eigenvalue weighted by Gasteiger charge is 2.54. The Balaban J connectivity index is 1.66. The Kier molecular flexibility index (Phi) is 3.49. The van der Waals surface area contributed by atoms with Crippen LogP contribution in [-0.4, -0.2) is 29.2 Å². The molecule has 1 saturated heterocycles. The molecule has 1 N–H and O–H groups in total. The Morgan fingerprint density at radius 2 is 2.04 bits per heavy atom. The minimum atomic E-state index is -1.01. The van der Waals surface area contributed by atoms with E-state index in [2.05, 4.69) is 5.32 Å². The molecule has 0 saturated carbocycles. The maximum absolute atomic E-state index is 13.1. The number of hydrogen-bond donors (Lipinski definition) is 1. The first-order valence-corrected chi connectivity index (χ1v) is 8.79. The van der Waals surface area contributed by atoms with Gasteiger partial charge in [-0.2, -0.15) is 0 Å². The summed E-state index contributed by atoms with van der Waals surface area (Å²) in [6, 6.07) is 10.7. The highest BCUT2D eigenvalue weighted by atomic mass is 32.1. The van der Waals surface area contributed by atoms with Crippen molar-refractivity contribution < 1.29 is 14.4 Å². The van der Waals surface area contributed by atoms with E-state index in [1.807, 2.05) is 24.3 Å². The van der Waals surface area contributed by atoms with Crippen molar-refractivity contribution in [3.8, 4) is 0 Å². The number of Topliss-reactive ketones (excluding diaryl/α,β-unsaturated/α-hetero) is 1. The first-order chi connectivity index (χ1) is 11.6. The summed E-state index contributed by atoms with van der Waals surface area (Å²) >= 11 is 1.31. The molecule has 1 fully saturated rings. The number of urea groups is 1. The van der Waals surface area contributed by atoms with E-state index in [4.69, 9.17) is 0 Å². The normalized spacial score (nSPS) is 22.6. The van der Waals surface area contributed by atoms with Gasteiger partial charge in [0.05, 0.1) is 11.4 Å². The summed E-state index contributed by atoms with van der Waals surface area (Å²) in [5.41, 5.74) is 0.936. The van der Waals surface area contributed by atoms with Gasteiger partial charge >= 0.3 is 6.03 Å². The lowest BCUT2D eigenvalue weighted by Crippen LogP contribution is -2.46. The third kappa shape index (κ3) is 2.17. The van der Waals surface area contributed by atoms with Crippen LogP contribution in [0.5, 0.6) is 0 Å². The van der Waals surface area contributed by atoms with Gasteiger partial charge in [0.25, 0.3) is 5.91 Å². The third-order valence-electron chi connectivity index (χ3n) is 4.75. The molecule has 6 heteroatoms. The molecule has 1 aliphatic heterocycles. The average Bonchev–Trinajstić information content (AvgIpc) is 3.20. The second kappa shape index (κ2) is 5.56. The Labute approximate surface area is 143 Å². The van der Waals surface area contributed by atoms with Gasteiger partial charge in [-0.25, -0.2) is 4.79 Å². The Morgan fingerprint density at radius 3 is 2.83 bits per heavy atom. The number of rotatable bonds is 3. The first kappa shape index (κ1) is 15.1. The molecular formula is C18H16N2O3S. The van der Waals surface area contributed by atoms with Gasteiger partial charge in [-0.15, -0.1) is 11.3 Å². The van der Waals surface area contributed by atoms with Crippen LogP contribution in [0.15, 0.2) is 41.8 Å². The van der Waals surface area contributed by atoms with Crippen molar-refractivity contribution >= 4 is 29.1 Å². The van der Waals surface area contributed by atoms with Gasteiger partial charge in [-0.3, -0.25) is 14.5 Å². The van der Waals surface area contributed by atoms with Crippen LogP contribution in [0.3, 0.4) is 0 Å². The van der Waals surface area contributed by atoms with Crippen molar-refractivity contribution in [2.45, 2.75) is 24.8 Å². The zero-order valence-corrected chi connectivity index (χ0v) is 13.8. The van der Waals surface area contributed by atoms with Crippen molar-refractivity contribution in [1.82, 2.24) is 10.2 Å². The number of carbonyl (C=O) groups excluding carboxylic acids is 3. The summed E-state index contributed by atoms with van der Waals surface area (Å²) in [6.45, 7) is -0.213. The standard InChI is InChI=1S/C18H16N2O3S/c21-14(15-8-4-10-24-15)11-20-16(22)18(19-17(20)23)9-3-6-12-5-1-2-7-13(12)18/h1-2,4-5,7-8,10H,3,6,9,11H2,(H,19,23). The molecule has 1 aromatic carbocycles. The lowest BCUT2D eigenvalue weighted by Gasteiger charge is -2.33. The van der Waals surface area contributed by atoms with Gasteiger partial charge in [-0.05, 0) is 41.8 Å². The monoisotopic (exact) mass is 340 g/mol. The molecule has 0 bridgehead atoms. The summed E-state index contributed by atoms with van der Waals surface area (Å²) in [5.74, 6) is -0.529. The Hall–Kier alpha value is -2.47. The van der Waals surface area contributed by atoms with Crippen LogP contribution in [0, 0.1) is 0 Å². The number of thiophene rings is 1. The Bertz CT molecular complexity index is 831. The Morgan fingerprint density at radius 1 is 1.21 bits per heavy atom. The van der Waals surface area contributed by atoms with Crippen LogP contribution in [0.4, 0.5) is 4.79 Å². The number of carbonyl (C=O) groups is 3. The van der Waals surface area contributed by atoms with Gasteiger partial charge in [0.15, 0.2) is 5.78 Å². The third-order valence-corrected chi connectivity index (χ3v) is 5.66. The molecule has 2 aromatic rings. The maximum atomic E-state index is 13.1. The van der Waals surface area contributed by atoms with E-state index >= 15 is 0 Å². The number of hydrogen-bond acceptors (Lipinski definition) is 4. The molecule has 2 aliphatic rings. The predicted octanol–water partition coefficient (Wildman–Crippen LogP) is 2.71. The molecule has 1 spiro atoms. The van der Waals surface area contributed by atoms with Crippen LogP contribution in [0.25, 0.3) is 0 Å². The van der Waals surface area contributed by atoms with Crippen molar-refractivity contribution in [2.24, 2.45) is 0 Å². The zero-order valence-electron chi connectivity index (χ0n) is 13.0. The molecule has 0 radical (unpaired) electrons. The predicted molar refractivity (Wildman–Crippen MR) is 90.0 cm³/mol. The summed E-state index contributed by atoms with van der Waals surface area (Å²) in [7, 11) is 0. The SMILES string of the molecule is O=C(CN1C(=O)NC2(CCCc3ccccc32)C1=O)c1cccs1. The highest BCUT2D eigenvalue weighted by molar-refractivity contribution is 7.12. The fraction of sp³-hybridized carbons (Fsp3) is 0.278. The highest BCUT2D eigenvalue weighted by Crippen LogP contribution is 2.39. The van der Waals surface area contributed by atoms with Crippen LogP contribution in [0.2, 0.25) is 0 Å². The lowest BCUT2D eigenvalue weighted by molar-refractivity contribution is -0.131. The smallest absolute Gasteiger partial charge is 0.319 e. The fourth-order valence-corrected chi connectivity index (χ4v) is 4.27. The van der Waals surface area contributed by atoms with Crippen molar-refractivity contribution in [3.63, 3.8) is 0 Å². The minimum Gasteiger partial charge on any atom is -0.319 e. The van der Waals surface area contributed by atoms with Crippen molar-refractivity contribution in [3.05, 3.63) is 57.8 Å². The summed E-state index contributed by atoms with van der Waals surface area (Å²) in [5, 5.41) is 4.67. The number of amides is 3. The molecule has 1 atom stereocenters. The summed E-state index contributed by atoms with van der Waals surface area (Å²) < 4.78 is 0. The lowest BCUT2D eigenvalue weighted by atomic mass is 9.76. The maximum Gasteiger partial charge on any atom is 0.325 e. The number of ketones is 1. The van der Waals surface area contributed by atoms with Crippen LogP contribution in [-0.2, 0) is 16.8 Å².